The minimum atomic E-state index is -4.81. The second kappa shape index (κ2) is 9.87. The number of para-hydroxylation sites is 1. The monoisotopic (exact) mass is 509 g/mol. The Morgan fingerprint density at radius 1 is 1.17 bits per heavy atom. The number of aromatic nitrogens is 3. The van der Waals surface area contributed by atoms with Gasteiger partial charge in [0.25, 0.3) is 0 Å². The third kappa shape index (κ3) is 4.72. The van der Waals surface area contributed by atoms with Crippen molar-refractivity contribution in [1.29, 1.82) is 0 Å². The molecular weight excluding hydrogens is 487 g/mol. The maximum Gasteiger partial charge on any atom is 0.452 e. The minimum Gasteiger partial charge on any atom is -0.496 e. The first-order valence-corrected chi connectivity index (χ1v) is 11.4. The van der Waals surface area contributed by atoms with Gasteiger partial charge in [-0.15, -0.1) is 10.2 Å². The molecule has 1 aliphatic heterocycles. The van der Waals surface area contributed by atoms with E-state index in [4.69, 9.17) is 25.8 Å². The second-order valence-electron chi connectivity index (χ2n) is 7.83. The van der Waals surface area contributed by atoms with Crippen LogP contribution >= 0.6 is 11.6 Å². The zero-order valence-electron chi connectivity index (χ0n) is 19.2. The second-order valence-corrected chi connectivity index (χ2v) is 8.26. The number of carbonyl (C=O) groups is 1. The average molecular weight is 510 g/mol. The average Bonchev–Trinajstić information content (AvgIpc) is 3.22. The first-order chi connectivity index (χ1) is 16.7. The van der Waals surface area contributed by atoms with Gasteiger partial charge in [0.05, 0.1) is 25.8 Å². The van der Waals surface area contributed by atoms with Crippen molar-refractivity contribution in [1.82, 2.24) is 14.8 Å². The molecule has 186 valence electrons. The molecule has 11 heteroatoms. The van der Waals surface area contributed by atoms with Crippen molar-refractivity contribution in [2.24, 2.45) is 0 Å². The first-order valence-electron chi connectivity index (χ1n) is 11.0. The molecule has 0 unspecified atom stereocenters. The van der Waals surface area contributed by atoms with E-state index in [1.807, 2.05) is 19.1 Å². The van der Waals surface area contributed by atoms with Crippen LogP contribution in [0.4, 0.5) is 13.2 Å². The fraction of sp³-hybridized carbons (Fsp3) is 0.375. The fourth-order valence-electron chi connectivity index (χ4n) is 4.25. The summed E-state index contributed by atoms with van der Waals surface area (Å²) in [7, 11) is 1.51. The Bertz CT molecular complexity index is 1250. The van der Waals surface area contributed by atoms with E-state index in [2.05, 4.69) is 10.2 Å². The Labute approximate surface area is 204 Å². The van der Waals surface area contributed by atoms with E-state index >= 15 is 0 Å². The van der Waals surface area contributed by atoms with Crippen LogP contribution in [0.3, 0.4) is 0 Å². The number of hydrogen-bond donors (Lipinski definition) is 0. The highest BCUT2D eigenvalue weighted by Gasteiger charge is 2.44. The summed E-state index contributed by atoms with van der Waals surface area (Å²) in [6.07, 6.45) is -6.63. The first kappa shape index (κ1) is 25.0. The van der Waals surface area contributed by atoms with Crippen LogP contribution in [0.1, 0.15) is 60.8 Å². The van der Waals surface area contributed by atoms with E-state index in [1.54, 1.807) is 13.0 Å². The maximum atomic E-state index is 14.0. The Morgan fingerprint density at radius 2 is 1.94 bits per heavy atom. The molecule has 2 heterocycles. The minimum absolute atomic E-state index is 0.109. The smallest absolute Gasteiger partial charge is 0.452 e. The number of esters is 1. The fourth-order valence-corrected chi connectivity index (χ4v) is 4.43. The summed E-state index contributed by atoms with van der Waals surface area (Å²) in [6, 6.07) is 9.95. The van der Waals surface area contributed by atoms with E-state index < -0.39 is 30.2 Å². The zero-order valence-corrected chi connectivity index (χ0v) is 20.0. The SMILES string of the molecule is CCOC(=O)C[C@H]1O[C@H](c2cccc(CC)c2OC)c2cc(Cl)ccc2-n2c1nnc2C(F)(F)F. The Balaban J connectivity index is 2.00. The van der Waals surface area contributed by atoms with Gasteiger partial charge in [-0.2, -0.15) is 13.2 Å². The highest BCUT2D eigenvalue weighted by molar-refractivity contribution is 6.30. The van der Waals surface area contributed by atoms with Gasteiger partial charge in [0.1, 0.15) is 18.0 Å². The molecule has 35 heavy (non-hydrogen) atoms. The zero-order chi connectivity index (χ0) is 25.3. The lowest BCUT2D eigenvalue weighted by Crippen LogP contribution is -2.18. The Kier molecular flexibility index (Phi) is 7.05. The van der Waals surface area contributed by atoms with Gasteiger partial charge in [0, 0.05) is 16.1 Å². The van der Waals surface area contributed by atoms with Crippen molar-refractivity contribution in [3.05, 3.63) is 69.8 Å². The quantitative estimate of drug-likeness (QED) is 0.401. The molecule has 1 aromatic heterocycles. The van der Waals surface area contributed by atoms with E-state index in [-0.39, 0.29) is 24.5 Å². The number of benzene rings is 2. The summed E-state index contributed by atoms with van der Waals surface area (Å²) in [5.74, 6) is -1.50. The van der Waals surface area contributed by atoms with Crippen LogP contribution < -0.4 is 4.74 Å². The van der Waals surface area contributed by atoms with Crippen LogP contribution in [0, 0.1) is 0 Å². The van der Waals surface area contributed by atoms with Crippen molar-refractivity contribution in [3.63, 3.8) is 0 Å². The largest absolute Gasteiger partial charge is 0.496 e. The topological polar surface area (TPSA) is 75.5 Å². The van der Waals surface area contributed by atoms with Gasteiger partial charge in [-0.3, -0.25) is 9.36 Å². The Hall–Kier alpha value is -3.11. The maximum absolute atomic E-state index is 14.0. The number of nitrogens with zero attached hydrogens (tertiary/aromatic N) is 3. The third-order valence-corrected chi connectivity index (χ3v) is 5.93. The number of aryl methyl sites for hydroxylation is 1. The number of halogens is 4. The lowest BCUT2D eigenvalue weighted by atomic mass is 9.96. The van der Waals surface area contributed by atoms with Crippen LogP contribution in [0.2, 0.25) is 5.02 Å². The molecule has 0 radical (unpaired) electrons. The predicted octanol–water partition coefficient (Wildman–Crippen LogP) is 5.62. The molecule has 0 saturated carbocycles. The molecule has 7 nitrogen and oxygen atoms in total. The normalized spacial score (nSPS) is 17.3. The third-order valence-electron chi connectivity index (χ3n) is 5.69. The van der Waals surface area contributed by atoms with Gasteiger partial charge in [0.2, 0.25) is 5.82 Å². The summed E-state index contributed by atoms with van der Waals surface area (Å²) in [5.41, 5.74) is 1.96. The molecule has 2 atom stereocenters. The number of carbonyl (C=O) groups excluding carboxylic acids is 1. The van der Waals surface area contributed by atoms with Crippen LogP contribution in [0.5, 0.6) is 5.75 Å². The summed E-state index contributed by atoms with van der Waals surface area (Å²) in [5, 5.41) is 7.49. The number of alkyl halides is 3. The molecule has 0 fully saturated rings. The molecule has 0 bridgehead atoms. The van der Waals surface area contributed by atoms with Gasteiger partial charge in [-0.05, 0) is 37.1 Å². The molecule has 0 N–H and O–H groups in total. The number of hydrogen-bond acceptors (Lipinski definition) is 6. The van der Waals surface area contributed by atoms with Crippen molar-refractivity contribution < 1.29 is 32.2 Å². The van der Waals surface area contributed by atoms with Crippen LogP contribution in [-0.2, 0) is 26.9 Å². The van der Waals surface area contributed by atoms with Crippen LogP contribution in [0.25, 0.3) is 5.69 Å². The van der Waals surface area contributed by atoms with Crippen LogP contribution in [0.15, 0.2) is 36.4 Å². The molecule has 0 amide bonds. The molecular formula is C24H23ClF3N3O4. The Morgan fingerprint density at radius 3 is 2.60 bits per heavy atom. The predicted molar refractivity (Wildman–Crippen MR) is 121 cm³/mol. The van der Waals surface area contributed by atoms with Crippen molar-refractivity contribution in [3.8, 4) is 11.4 Å². The molecule has 0 saturated heterocycles. The van der Waals surface area contributed by atoms with Gasteiger partial charge < -0.3 is 14.2 Å². The number of methoxy groups -OCH3 is 1. The lowest BCUT2D eigenvalue weighted by molar-refractivity contribution is -0.147. The van der Waals surface area contributed by atoms with E-state index in [0.29, 0.717) is 28.3 Å². The molecule has 3 aromatic rings. The standard InChI is InChI=1S/C24H23ClF3N3O4/c1-4-13-7-6-8-15(20(13)33-3)21-16-11-14(25)9-10-17(16)31-22(29-30-23(31)24(26,27)28)18(35-21)12-19(32)34-5-2/h6-11,18,21H,4-5,12H2,1-3H3/t18-,21-/m1/s1. The number of fused-ring (bicyclic) bond motifs is 3. The molecule has 1 aliphatic rings. The van der Waals surface area contributed by atoms with Gasteiger partial charge in [-0.25, -0.2) is 0 Å². The molecule has 2 aromatic carbocycles. The highest BCUT2D eigenvalue weighted by atomic mass is 35.5. The lowest BCUT2D eigenvalue weighted by Gasteiger charge is -2.25. The highest BCUT2D eigenvalue weighted by Crippen LogP contribution is 2.46. The van der Waals surface area contributed by atoms with Gasteiger partial charge in [-0.1, -0.05) is 36.7 Å². The number of ether oxygens (including phenoxy) is 3. The van der Waals surface area contributed by atoms with E-state index in [0.717, 1.165) is 10.1 Å². The van der Waals surface area contributed by atoms with Crippen LogP contribution in [-0.4, -0.2) is 34.5 Å². The molecule has 0 aliphatic carbocycles. The van der Waals surface area contributed by atoms with Gasteiger partial charge >= 0.3 is 12.1 Å². The van der Waals surface area contributed by atoms with E-state index in [1.165, 1.54) is 25.3 Å². The van der Waals surface area contributed by atoms with Gasteiger partial charge in [0.15, 0.2) is 5.82 Å². The summed E-state index contributed by atoms with van der Waals surface area (Å²) in [4.78, 5) is 12.4. The summed E-state index contributed by atoms with van der Waals surface area (Å²) < 4.78 is 59.9. The summed E-state index contributed by atoms with van der Waals surface area (Å²) >= 11 is 6.28. The number of rotatable bonds is 6. The van der Waals surface area contributed by atoms with Crippen molar-refractivity contribution >= 4 is 17.6 Å². The van der Waals surface area contributed by atoms with Crippen molar-refractivity contribution in [2.45, 2.75) is 45.1 Å². The van der Waals surface area contributed by atoms with Crippen molar-refractivity contribution in [2.75, 3.05) is 13.7 Å². The molecule has 0 spiro atoms. The van der Waals surface area contributed by atoms with E-state index in [9.17, 15) is 18.0 Å². The molecule has 4 rings (SSSR count). The summed E-state index contributed by atoms with van der Waals surface area (Å²) in [6.45, 7) is 3.70.